The van der Waals surface area contributed by atoms with Gasteiger partial charge < -0.3 is 4.74 Å². The lowest BCUT2D eigenvalue weighted by Crippen LogP contribution is -2.47. The smallest absolute Gasteiger partial charge is 0.156 e. The summed E-state index contributed by atoms with van der Waals surface area (Å²) in [5.41, 5.74) is 1.29. The second-order valence-corrected chi connectivity index (χ2v) is 4.22. The van der Waals surface area contributed by atoms with E-state index in [2.05, 4.69) is 30.0 Å². The third-order valence-electron chi connectivity index (χ3n) is 2.93. The van der Waals surface area contributed by atoms with Gasteiger partial charge in [0, 0.05) is 19.1 Å². The van der Waals surface area contributed by atoms with Crippen LogP contribution in [-0.4, -0.2) is 30.2 Å². The molecule has 2 rings (SSSR count). The zero-order valence-corrected chi connectivity index (χ0v) is 9.47. The van der Waals surface area contributed by atoms with Crippen LogP contribution in [0.5, 0.6) is 0 Å². The summed E-state index contributed by atoms with van der Waals surface area (Å²) >= 11 is 0. The number of ether oxygens (including phenoxy) is 1. The molecule has 1 heterocycles. The Kier molecular flexibility index (Phi) is 3.55. The van der Waals surface area contributed by atoms with Crippen molar-refractivity contribution in [2.24, 2.45) is 0 Å². The first-order valence-corrected chi connectivity index (χ1v) is 5.59. The summed E-state index contributed by atoms with van der Waals surface area (Å²) in [6.07, 6.45) is -0.278. The number of morpholine rings is 1. The van der Waals surface area contributed by atoms with E-state index < -0.39 is 0 Å². The first-order valence-electron chi connectivity index (χ1n) is 5.59. The normalized spacial score (nSPS) is 26.2. The topological polar surface area (TPSA) is 36.3 Å². The van der Waals surface area contributed by atoms with Gasteiger partial charge in [0.05, 0.1) is 12.7 Å². The maximum atomic E-state index is 8.86. The largest absolute Gasteiger partial charge is 0.360 e. The monoisotopic (exact) mass is 216 g/mol. The molecule has 0 saturated carbocycles. The molecule has 3 nitrogen and oxygen atoms in total. The molecule has 1 aromatic rings. The van der Waals surface area contributed by atoms with Crippen LogP contribution in [0, 0.1) is 11.3 Å². The number of hydrogen-bond donors (Lipinski definition) is 0. The van der Waals surface area contributed by atoms with E-state index >= 15 is 0 Å². The molecule has 1 aromatic carbocycles. The van der Waals surface area contributed by atoms with E-state index in [1.165, 1.54) is 5.56 Å². The number of nitrogens with zero attached hydrogens (tertiary/aromatic N) is 2. The number of benzene rings is 1. The molecule has 1 unspecified atom stereocenters. The van der Waals surface area contributed by atoms with Crippen LogP contribution in [0.2, 0.25) is 0 Å². The quantitative estimate of drug-likeness (QED) is 0.756. The Balaban J connectivity index is 2.00. The standard InChI is InChI=1S/C13H16N2O/c1-11-10-16-13(7-14)9-15(11)8-12-5-3-2-4-6-12/h2-6,11,13H,8-10H2,1H3/t11-,13?/m0/s1. The average Bonchev–Trinajstić information content (AvgIpc) is 2.33. The fraction of sp³-hybridized carbons (Fsp3) is 0.462. The van der Waals surface area contributed by atoms with Gasteiger partial charge in [-0.3, -0.25) is 4.90 Å². The van der Waals surface area contributed by atoms with Crippen molar-refractivity contribution in [1.29, 1.82) is 5.26 Å². The van der Waals surface area contributed by atoms with Crippen LogP contribution < -0.4 is 0 Å². The summed E-state index contributed by atoms with van der Waals surface area (Å²) in [6, 6.07) is 12.9. The Morgan fingerprint density at radius 2 is 2.19 bits per heavy atom. The molecule has 2 atom stereocenters. The van der Waals surface area contributed by atoms with Gasteiger partial charge in [0.1, 0.15) is 0 Å². The van der Waals surface area contributed by atoms with Crippen molar-refractivity contribution < 1.29 is 4.74 Å². The summed E-state index contributed by atoms with van der Waals surface area (Å²) in [5, 5.41) is 8.86. The number of rotatable bonds is 2. The fourth-order valence-corrected chi connectivity index (χ4v) is 1.92. The highest BCUT2D eigenvalue weighted by atomic mass is 16.5. The van der Waals surface area contributed by atoms with Crippen molar-refractivity contribution in [2.75, 3.05) is 13.2 Å². The third kappa shape index (κ3) is 2.60. The third-order valence-corrected chi connectivity index (χ3v) is 2.93. The van der Waals surface area contributed by atoms with Crippen LogP contribution in [0.4, 0.5) is 0 Å². The van der Waals surface area contributed by atoms with Crippen LogP contribution in [-0.2, 0) is 11.3 Å². The predicted octanol–water partition coefficient (Wildman–Crippen LogP) is 1.80. The van der Waals surface area contributed by atoms with Gasteiger partial charge in [-0.25, -0.2) is 0 Å². The van der Waals surface area contributed by atoms with Gasteiger partial charge in [-0.1, -0.05) is 30.3 Å². The van der Waals surface area contributed by atoms with Gasteiger partial charge in [0.2, 0.25) is 0 Å². The second-order valence-electron chi connectivity index (χ2n) is 4.22. The van der Waals surface area contributed by atoms with Crippen LogP contribution in [0.3, 0.4) is 0 Å². The first-order chi connectivity index (χ1) is 7.79. The second kappa shape index (κ2) is 5.11. The van der Waals surface area contributed by atoms with Gasteiger partial charge >= 0.3 is 0 Å². The molecule has 0 amide bonds. The predicted molar refractivity (Wildman–Crippen MR) is 61.7 cm³/mol. The van der Waals surface area contributed by atoms with Crippen molar-refractivity contribution in [3.8, 4) is 6.07 Å². The molecule has 0 aromatic heterocycles. The summed E-state index contributed by atoms with van der Waals surface area (Å²) < 4.78 is 5.40. The minimum atomic E-state index is -0.278. The Labute approximate surface area is 96.2 Å². The van der Waals surface area contributed by atoms with Gasteiger partial charge in [-0.15, -0.1) is 0 Å². The highest BCUT2D eigenvalue weighted by molar-refractivity contribution is 5.14. The maximum absolute atomic E-state index is 8.86. The molecular formula is C13H16N2O. The van der Waals surface area contributed by atoms with Crippen LogP contribution in [0.1, 0.15) is 12.5 Å². The molecule has 0 spiro atoms. The highest BCUT2D eigenvalue weighted by Crippen LogP contribution is 2.14. The molecule has 0 N–H and O–H groups in total. The Morgan fingerprint density at radius 3 is 2.88 bits per heavy atom. The number of nitriles is 1. The molecule has 1 fully saturated rings. The van der Waals surface area contributed by atoms with Gasteiger partial charge in [-0.2, -0.15) is 5.26 Å². The van der Waals surface area contributed by atoms with E-state index in [9.17, 15) is 0 Å². The Bertz CT molecular complexity index is 371. The van der Waals surface area contributed by atoms with Crippen LogP contribution in [0.15, 0.2) is 30.3 Å². The molecule has 0 bridgehead atoms. The molecule has 0 radical (unpaired) electrons. The molecule has 1 aliphatic heterocycles. The lowest BCUT2D eigenvalue weighted by Gasteiger charge is -2.35. The minimum absolute atomic E-state index is 0.278. The van der Waals surface area contributed by atoms with E-state index in [-0.39, 0.29) is 6.10 Å². The Morgan fingerprint density at radius 1 is 1.44 bits per heavy atom. The summed E-state index contributed by atoms with van der Waals surface area (Å²) in [5.74, 6) is 0. The van der Waals surface area contributed by atoms with Crippen molar-refractivity contribution >= 4 is 0 Å². The molecule has 1 saturated heterocycles. The molecule has 0 aliphatic carbocycles. The zero-order chi connectivity index (χ0) is 11.4. The van der Waals surface area contributed by atoms with E-state index in [0.29, 0.717) is 19.2 Å². The lowest BCUT2D eigenvalue weighted by molar-refractivity contribution is -0.0365. The summed E-state index contributed by atoms with van der Waals surface area (Å²) in [6.45, 7) is 4.37. The maximum Gasteiger partial charge on any atom is 0.156 e. The molecule has 3 heteroatoms. The van der Waals surface area contributed by atoms with E-state index in [1.54, 1.807) is 0 Å². The average molecular weight is 216 g/mol. The first kappa shape index (κ1) is 11.1. The zero-order valence-electron chi connectivity index (χ0n) is 9.47. The van der Waals surface area contributed by atoms with Crippen molar-refractivity contribution in [1.82, 2.24) is 4.90 Å². The SMILES string of the molecule is C[C@H]1COC(C#N)CN1Cc1ccccc1. The van der Waals surface area contributed by atoms with Gasteiger partial charge in [-0.05, 0) is 12.5 Å². The van der Waals surface area contributed by atoms with Crippen molar-refractivity contribution in [3.63, 3.8) is 0 Å². The van der Waals surface area contributed by atoms with Crippen LogP contribution >= 0.6 is 0 Å². The lowest BCUT2D eigenvalue weighted by atomic mass is 10.1. The van der Waals surface area contributed by atoms with Gasteiger partial charge in [0.25, 0.3) is 0 Å². The molecule has 1 aliphatic rings. The van der Waals surface area contributed by atoms with Crippen molar-refractivity contribution in [3.05, 3.63) is 35.9 Å². The van der Waals surface area contributed by atoms with Crippen molar-refractivity contribution in [2.45, 2.75) is 25.6 Å². The van der Waals surface area contributed by atoms with E-state index in [0.717, 1.165) is 6.54 Å². The molecule has 16 heavy (non-hydrogen) atoms. The molecule has 84 valence electrons. The number of hydrogen-bond acceptors (Lipinski definition) is 3. The fourth-order valence-electron chi connectivity index (χ4n) is 1.92. The minimum Gasteiger partial charge on any atom is -0.360 e. The van der Waals surface area contributed by atoms with E-state index in [1.807, 2.05) is 18.2 Å². The van der Waals surface area contributed by atoms with E-state index in [4.69, 9.17) is 10.00 Å². The Hall–Kier alpha value is -1.37. The highest BCUT2D eigenvalue weighted by Gasteiger charge is 2.25. The van der Waals surface area contributed by atoms with Crippen LogP contribution in [0.25, 0.3) is 0 Å². The summed E-state index contributed by atoms with van der Waals surface area (Å²) in [4.78, 5) is 2.30. The van der Waals surface area contributed by atoms with Gasteiger partial charge in [0.15, 0.2) is 6.10 Å². The molecular weight excluding hydrogens is 200 g/mol. The summed E-state index contributed by atoms with van der Waals surface area (Å²) in [7, 11) is 0.